The molecule has 0 spiro atoms. The van der Waals surface area contributed by atoms with Gasteiger partial charge in [-0.2, -0.15) is 11.8 Å². The summed E-state index contributed by atoms with van der Waals surface area (Å²) in [6.07, 6.45) is 1.07. The van der Waals surface area contributed by atoms with E-state index in [1.54, 1.807) is 11.9 Å². The molecule has 1 saturated heterocycles. The number of amides is 1. The maximum Gasteiger partial charge on any atom is 0.410 e. The molecular formula is C13H26N2O2S. The number of hydrogen-bond acceptors (Lipinski definition) is 4. The van der Waals surface area contributed by atoms with E-state index < -0.39 is 5.60 Å². The summed E-state index contributed by atoms with van der Waals surface area (Å²) in [7, 11) is 1.78. The molecule has 1 heterocycles. The fourth-order valence-electron chi connectivity index (χ4n) is 1.73. The van der Waals surface area contributed by atoms with Crippen molar-refractivity contribution in [3.05, 3.63) is 0 Å². The monoisotopic (exact) mass is 274 g/mol. The SMILES string of the molecule is CN(CCNCC1CCSC1)C(=O)OC(C)(C)C. The van der Waals surface area contributed by atoms with Crippen LogP contribution < -0.4 is 5.32 Å². The molecule has 0 saturated carbocycles. The van der Waals surface area contributed by atoms with Gasteiger partial charge in [0.15, 0.2) is 0 Å². The molecule has 0 bridgehead atoms. The van der Waals surface area contributed by atoms with Gasteiger partial charge in [-0.15, -0.1) is 0 Å². The van der Waals surface area contributed by atoms with Gasteiger partial charge in [-0.25, -0.2) is 4.79 Å². The molecule has 4 nitrogen and oxygen atoms in total. The third-order valence-corrected chi connectivity index (χ3v) is 4.02. The van der Waals surface area contributed by atoms with Crippen LogP contribution in [0.3, 0.4) is 0 Å². The fraction of sp³-hybridized carbons (Fsp3) is 0.923. The molecule has 0 aromatic heterocycles. The van der Waals surface area contributed by atoms with E-state index in [1.807, 2.05) is 32.5 Å². The minimum Gasteiger partial charge on any atom is -0.444 e. The van der Waals surface area contributed by atoms with Crippen LogP contribution in [-0.4, -0.2) is 54.8 Å². The van der Waals surface area contributed by atoms with E-state index in [4.69, 9.17) is 4.74 Å². The molecule has 106 valence electrons. The summed E-state index contributed by atoms with van der Waals surface area (Å²) in [5.41, 5.74) is -0.417. The highest BCUT2D eigenvalue weighted by Crippen LogP contribution is 2.22. The summed E-state index contributed by atoms with van der Waals surface area (Å²) >= 11 is 2.03. The summed E-state index contributed by atoms with van der Waals surface area (Å²) in [4.78, 5) is 13.3. The predicted molar refractivity (Wildman–Crippen MR) is 77.2 cm³/mol. The molecule has 1 atom stereocenters. The fourth-order valence-corrected chi connectivity index (χ4v) is 3.01. The van der Waals surface area contributed by atoms with Gasteiger partial charge in [0.05, 0.1) is 0 Å². The molecule has 0 aromatic rings. The molecule has 0 radical (unpaired) electrons. The van der Waals surface area contributed by atoms with Gasteiger partial charge in [-0.05, 0) is 51.2 Å². The first kappa shape index (κ1) is 15.6. The minimum atomic E-state index is -0.417. The van der Waals surface area contributed by atoms with Crippen molar-refractivity contribution in [2.45, 2.75) is 32.8 Å². The van der Waals surface area contributed by atoms with E-state index >= 15 is 0 Å². The van der Waals surface area contributed by atoms with Crippen LogP contribution in [0.1, 0.15) is 27.2 Å². The first-order valence-electron chi connectivity index (χ1n) is 6.61. The van der Waals surface area contributed by atoms with E-state index in [-0.39, 0.29) is 6.09 Å². The van der Waals surface area contributed by atoms with Crippen LogP contribution >= 0.6 is 11.8 Å². The highest BCUT2D eigenvalue weighted by molar-refractivity contribution is 7.99. The van der Waals surface area contributed by atoms with E-state index in [1.165, 1.54) is 17.9 Å². The van der Waals surface area contributed by atoms with Crippen molar-refractivity contribution in [2.75, 3.05) is 38.2 Å². The number of nitrogens with zero attached hydrogens (tertiary/aromatic N) is 1. The Bertz CT molecular complexity index is 260. The normalized spacial score (nSPS) is 19.9. The van der Waals surface area contributed by atoms with Gasteiger partial charge in [0, 0.05) is 20.1 Å². The van der Waals surface area contributed by atoms with Gasteiger partial charge in [0.25, 0.3) is 0 Å². The Hall–Kier alpha value is -0.420. The highest BCUT2D eigenvalue weighted by Gasteiger charge is 2.19. The third-order valence-electron chi connectivity index (χ3n) is 2.79. The standard InChI is InChI=1S/C13H26N2O2S/c1-13(2,3)17-12(16)15(4)7-6-14-9-11-5-8-18-10-11/h11,14H,5-10H2,1-4H3. The van der Waals surface area contributed by atoms with Crippen LogP contribution in [0.25, 0.3) is 0 Å². The number of likely N-dealkylation sites (N-methyl/N-ethyl adjacent to an activating group) is 1. The Labute approximate surface area is 115 Å². The number of rotatable bonds is 5. The molecule has 1 fully saturated rings. The molecule has 1 aliphatic rings. The van der Waals surface area contributed by atoms with Gasteiger partial charge in [0.1, 0.15) is 5.60 Å². The maximum atomic E-state index is 11.7. The first-order chi connectivity index (χ1) is 8.38. The second-order valence-corrected chi connectivity index (χ2v) is 6.99. The number of carbonyl (C=O) groups excluding carboxylic acids is 1. The number of hydrogen-bond donors (Lipinski definition) is 1. The third kappa shape index (κ3) is 6.50. The molecule has 1 aliphatic heterocycles. The first-order valence-corrected chi connectivity index (χ1v) is 7.76. The Morgan fingerprint density at radius 1 is 1.50 bits per heavy atom. The van der Waals surface area contributed by atoms with Gasteiger partial charge < -0.3 is 15.0 Å². The lowest BCUT2D eigenvalue weighted by Gasteiger charge is -2.24. The quantitative estimate of drug-likeness (QED) is 0.780. The van der Waals surface area contributed by atoms with Crippen molar-refractivity contribution in [3.8, 4) is 0 Å². The molecule has 18 heavy (non-hydrogen) atoms. The summed E-state index contributed by atoms with van der Waals surface area (Å²) < 4.78 is 5.29. The van der Waals surface area contributed by atoms with Crippen molar-refractivity contribution in [1.82, 2.24) is 10.2 Å². The summed E-state index contributed by atoms with van der Waals surface area (Å²) in [5.74, 6) is 3.38. The van der Waals surface area contributed by atoms with Crippen molar-refractivity contribution >= 4 is 17.9 Å². The average Bonchev–Trinajstić information content (AvgIpc) is 2.74. The van der Waals surface area contributed by atoms with Crippen LogP contribution in [0.15, 0.2) is 0 Å². The second kappa shape index (κ2) is 7.24. The van der Waals surface area contributed by atoms with Crippen LogP contribution in [0.5, 0.6) is 0 Å². The number of carbonyl (C=O) groups is 1. The topological polar surface area (TPSA) is 41.6 Å². The van der Waals surface area contributed by atoms with E-state index in [0.29, 0.717) is 6.54 Å². The van der Waals surface area contributed by atoms with Crippen LogP contribution in [-0.2, 0) is 4.74 Å². The van der Waals surface area contributed by atoms with Crippen molar-refractivity contribution in [3.63, 3.8) is 0 Å². The van der Waals surface area contributed by atoms with Gasteiger partial charge >= 0.3 is 6.09 Å². The molecule has 1 unspecified atom stereocenters. The number of ether oxygens (including phenoxy) is 1. The minimum absolute atomic E-state index is 0.249. The van der Waals surface area contributed by atoms with Crippen molar-refractivity contribution in [1.29, 1.82) is 0 Å². The van der Waals surface area contributed by atoms with E-state index in [0.717, 1.165) is 19.0 Å². The lowest BCUT2D eigenvalue weighted by atomic mass is 10.1. The lowest BCUT2D eigenvalue weighted by molar-refractivity contribution is 0.0300. The zero-order valence-corrected chi connectivity index (χ0v) is 12.8. The Morgan fingerprint density at radius 2 is 2.22 bits per heavy atom. The Balaban J connectivity index is 2.08. The number of thioether (sulfide) groups is 1. The van der Waals surface area contributed by atoms with E-state index in [9.17, 15) is 4.79 Å². The predicted octanol–water partition coefficient (Wildman–Crippen LogP) is 2.20. The van der Waals surface area contributed by atoms with Crippen molar-refractivity contribution in [2.24, 2.45) is 5.92 Å². The molecule has 1 N–H and O–H groups in total. The summed E-state index contributed by atoms with van der Waals surface area (Å²) in [5, 5.41) is 3.41. The van der Waals surface area contributed by atoms with Crippen LogP contribution in [0.2, 0.25) is 0 Å². The van der Waals surface area contributed by atoms with Gasteiger partial charge in [-0.3, -0.25) is 0 Å². The molecule has 1 rings (SSSR count). The van der Waals surface area contributed by atoms with Crippen molar-refractivity contribution < 1.29 is 9.53 Å². The molecule has 1 amide bonds. The zero-order valence-electron chi connectivity index (χ0n) is 12.0. The summed E-state index contributed by atoms with van der Waals surface area (Å²) in [6, 6.07) is 0. The van der Waals surface area contributed by atoms with Crippen LogP contribution in [0.4, 0.5) is 4.79 Å². The Morgan fingerprint density at radius 3 is 2.78 bits per heavy atom. The molecular weight excluding hydrogens is 248 g/mol. The van der Waals surface area contributed by atoms with Crippen LogP contribution in [0, 0.1) is 5.92 Å². The lowest BCUT2D eigenvalue weighted by Crippen LogP contribution is -2.38. The summed E-state index contributed by atoms with van der Waals surface area (Å²) in [6.45, 7) is 8.24. The number of nitrogens with one attached hydrogen (secondary N) is 1. The second-order valence-electron chi connectivity index (χ2n) is 5.84. The smallest absolute Gasteiger partial charge is 0.410 e. The average molecular weight is 274 g/mol. The molecule has 5 heteroatoms. The van der Waals surface area contributed by atoms with Gasteiger partial charge in [0.2, 0.25) is 0 Å². The molecule has 0 aliphatic carbocycles. The molecule has 0 aromatic carbocycles. The van der Waals surface area contributed by atoms with E-state index in [2.05, 4.69) is 5.32 Å². The highest BCUT2D eigenvalue weighted by atomic mass is 32.2. The zero-order chi connectivity index (χ0) is 13.6. The maximum absolute atomic E-state index is 11.7. The Kier molecular flexibility index (Phi) is 6.29. The van der Waals surface area contributed by atoms with Gasteiger partial charge in [-0.1, -0.05) is 0 Å². The largest absolute Gasteiger partial charge is 0.444 e.